The van der Waals surface area contributed by atoms with Crippen LogP contribution in [0.4, 0.5) is 5.82 Å². The van der Waals surface area contributed by atoms with Crippen LogP contribution < -0.4 is 5.32 Å². The Labute approximate surface area is 136 Å². The van der Waals surface area contributed by atoms with Crippen molar-refractivity contribution in [1.29, 1.82) is 0 Å². The van der Waals surface area contributed by atoms with Gasteiger partial charge in [0.15, 0.2) is 9.84 Å². The highest BCUT2D eigenvalue weighted by Crippen LogP contribution is 2.28. The van der Waals surface area contributed by atoms with E-state index in [0.717, 1.165) is 10.2 Å². The highest BCUT2D eigenvalue weighted by atomic mass is 35.5. The molecule has 3 aromatic rings. The van der Waals surface area contributed by atoms with Crippen molar-refractivity contribution in [2.24, 2.45) is 0 Å². The van der Waals surface area contributed by atoms with Crippen LogP contribution in [-0.2, 0) is 16.4 Å². The second kappa shape index (κ2) is 5.83. The summed E-state index contributed by atoms with van der Waals surface area (Å²) in [5, 5.41) is 5.22. The molecule has 0 saturated heterocycles. The van der Waals surface area contributed by atoms with E-state index in [4.69, 9.17) is 11.6 Å². The smallest absolute Gasteiger partial charge is 0.224 e. The van der Waals surface area contributed by atoms with Crippen molar-refractivity contribution in [2.75, 3.05) is 11.6 Å². The van der Waals surface area contributed by atoms with E-state index < -0.39 is 9.84 Å². The number of rotatable bonds is 4. The van der Waals surface area contributed by atoms with Crippen molar-refractivity contribution < 1.29 is 8.42 Å². The van der Waals surface area contributed by atoms with Crippen LogP contribution in [0.3, 0.4) is 0 Å². The number of aromatic nitrogens is 2. The van der Waals surface area contributed by atoms with Crippen LogP contribution >= 0.6 is 22.9 Å². The number of thiophene rings is 1. The molecule has 0 aliphatic rings. The maximum Gasteiger partial charge on any atom is 0.224 e. The zero-order chi connectivity index (χ0) is 15.7. The second-order valence-corrected chi connectivity index (χ2v) is 7.95. The topological polar surface area (TPSA) is 72.0 Å². The van der Waals surface area contributed by atoms with Crippen molar-refractivity contribution in [2.45, 2.75) is 11.4 Å². The molecule has 1 aromatic carbocycles. The van der Waals surface area contributed by atoms with E-state index in [0.29, 0.717) is 22.8 Å². The maximum atomic E-state index is 11.8. The third-order valence-corrected chi connectivity index (χ3v) is 5.37. The van der Waals surface area contributed by atoms with Crippen LogP contribution in [0.1, 0.15) is 5.56 Å². The Morgan fingerprint density at radius 1 is 1.23 bits per heavy atom. The van der Waals surface area contributed by atoms with Gasteiger partial charge in [0.05, 0.1) is 15.1 Å². The van der Waals surface area contributed by atoms with Crippen LogP contribution in [0, 0.1) is 0 Å². The van der Waals surface area contributed by atoms with Gasteiger partial charge in [-0.1, -0.05) is 18.2 Å². The third kappa shape index (κ3) is 3.06. The molecule has 0 aliphatic carbocycles. The Balaban J connectivity index is 1.94. The molecule has 0 spiro atoms. The van der Waals surface area contributed by atoms with Gasteiger partial charge in [-0.15, -0.1) is 11.3 Å². The van der Waals surface area contributed by atoms with Gasteiger partial charge >= 0.3 is 0 Å². The minimum absolute atomic E-state index is 0.157. The quantitative estimate of drug-likeness (QED) is 0.728. The first-order chi connectivity index (χ1) is 10.4. The molecule has 2 heterocycles. The van der Waals surface area contributed by atoms with E-state index in [1.807, 2.05) is 11.4 Å². The number of halogens is 1. The summed E-state index contributed by atoms with van der Waals surface area (Å²) in [4.78, 5) is 8.63. The molecule has 0 bridgehead atoms. The minimum atomic E-state index is -3.27. The summed E-state index contributed by atoms with van der Waals surface area (Å²) in [6.45, 7) is 0.337. The van der Waals surface area contributed by atoms with Crippen molar-refractivity contribution in [3.05, 3.63) is 46.6 Å². The first-order valence-corrected chi connectivity index (χ1v) is 9.52. The number of sulfone groups is 1. The SMILES string of the molecule is CS(=O)(=O)c1ccccc1CNc1nc(Cl)nc2ccsc12. The molecule has 0 fully saturated rings. The average molecular weight is 354 g/mol. The van der Waals surface area contributed by atoms with Crippen molar-refractivity contribution in [3.8, 4) is 0 Å². The number of nitrogens with one attached hydrogen (secondary N) is 1. The Kier molecular flexibility index (Phi) is 4.03. The highest BCUT2D eigenvalue weighted by Gasteiger charge is 2.13. The number of nitrogens with zero attached hydrogens (tertiary/aromatic N) is 2. The van der Waals surface area contributed by atoms with Crippen LogP contribution in [0.25, 0.3) is 10.2 Å². The Morgan fingerprint density at radius 3 is 2.77 bits per heavy atom. The van der Waals surface area contributed by atoms with Gasteiger partial charge in [-0.3, -0.25) is 0 Å². The molecule has 0 saturated carbocycles. The van der Waals surface area contributed by atoms with Crippen molar-refractivity contribution >= 4 is 48.8 Å². The molecule has 114 valence electrons. The Hall–Kier alpha value is -1.70. The number of hydrogen-bond acceptors (Lipinski definition) is 6. The van der Waals surface area contributed by atoms with E-state index in [9.17, 15) is 8.42 Å². The van der Waals surface area contributed by atoms with Crippen LogP contribution in [0.5, 0.6) is 0 Å². The van der Waals surface area contributed by atoms with Gasteiger partial charge in [0.1, 0.15) is 5.82 Å². The largest absolute Gasteiger partial charge is 0.365 e. The summed E-state index contributed by atoms with van der Waals surface area (Å²) in [5.74, 6) is 0.605. The molecular weight excluding hydrogens is 342 g/mol. The lowest BCUT2D eigenvalue weighted by Gasteiger charge is -2.10. The molecule has 0 unspecified atom stereocenters. The highest BCUT2D eigenvalue weighted by molar-refractivity contribution is 7.90. The molecule has 0 aliphatic heterocycles. The summed E-state index contributed by atoms with van der Waals surface area (Å²) >= 11 is 7.42. The summed E-state index contributed by atoms with van der Waals surface area (Å²) in [7, 11) is -3.27. The lowest BCUT2D eigenvalue weighted by atomic mass is 10.2. The molecule has 22 heavy (non-hydrogen) atoms. The molecule has 1 N–H and O–H groups in total. The minimum Gasteiger partial charge on any atom is -0.365 e. The lowest BCUT2D eigenvalue weighted by Crippen LogP contribution is -2.08. The fraction of sp³-hybridized carbons (Fsp3) is 0.143. The maximum absolute atomic E-state index is 11.8. The summed E-state index contributed by atoms with van der Waals surface area (Å²) in [5.41, 5.74) is 1.45. The van der Waals surface area contributed by atoms with Gasteiger partial charge in [-0.2, -0.15) is 4.98 Å². The van der Waals surface area contributed by atoms with E-state index in [-0.39, 0.29) is 5.28 Å². The predicted molar refractivity (Wildman–Crippen MR) is 89.3 cm³/mol. The normalized spacial score (nSPS) is 11.7. The van der Waals surface area contributed by atoms with Crippen LogP contribution in [0.15, 0.2) is 40.6 Å². The molecule has 5 nitrogen and oxygen atoms in total. The van der Waals surface area contributed by atoms with E-state index in [2.05, 4.69) is 15.3 Å². The lowest BCUT2D eigenvalue weighted by molar-refractivity contribution is 0.601. The number of benzene rings is 1. The summed E-state index contributed by atoms with van der Waals surface area (Å²) in [6, 6.07) is 8.75. The van der Waals surface area contributed by atoms with Gasteiger partial charge in [0.25, 0.3) is 0 Å². The summed E-state index contributed by atoms with van der Waals surface area (Å²) < 4.78 is 24.5. The van der Waals surface area contributed by atoms with Gasteiger partial charge in [-0.05, 0) is 34.7 Å². The van der Waals surface area contributed by atoms with Gasteiger partial charge < -0.3 is 5.32 Å². The molecule has 0 amide bonds. The number of anilines is 1. The Bertz CT molecular complexity index is 938. The molecule has 8 heteroatoms. The molecule has 3 rings (SSSR count). The first-order valence-electron chi connectivity index (χ1n) is 6.38. The Morgan fingerprint density at radius 2 is 2.00 bits per heavy atom. The van der Waals surface area contributed by atoms with Gasteiger partial charge in [0.2, 0.25) is 5.28 Å². The predicted octanol–water partition coefficient (Wildman–Crippen LogP) is 3.36. The third-order valence-electron chi connectivity index (χ3n) is 3.09. The zero-order valence-corrected chi connectivity index (χ0v) is 14.0. The van der Waals surface area contributed by atoms with Crippen molar-refractivity contribution in [3.63, 3.8) is 0 Å². The van der Waals surface area contributed by atoms with Gasteiger partial charge in [0, 0.05) is 12.8 Å². The molecular formula is C14H12ClN3O2S2. The fourth-order valence-corrected chi connectivity index (χ4v) is 4.06. The van der Waals surface area contributed by atoms with E-state index in [1.165, 1.54) is 17.6 Å². The monoisotopic (exact) mass is 353 g/mol. The fourth-order valence-electron chi connectivity index (χ4n) is 2.15. The molecule has 0 atom stereocenters. The zero-order valence-electron chi connectivity index (χ0n) is 11.6. The number of hydrogen-bond donors (Lipinski definition) is 1. The van der Waals surface area contributed by atoms with E-state index in [1.54, 1.807) is 24.3 Å². The standard InChI is InChI=1S/C14H12ClN3O2S2/c1-22(19,20)11-5-3-2-4-9(11)8-16-13-12-10(6-7-21-12)17-14(15)18-13/h2-7H,8H2,1H3,(H,16,17,18). The van der Waals surface area contributed by atoms with Gasteiger partial charge in [-0.25, -0.2) is 13.4 Å². The van der Waals surface area contributed by atoms with Crippen LogP contribution in [0.2, 0.25) is 5.28 Å². The number of fused-ring (bicyclic) bond motifs is 1. The second-order valence-electron chi connectivity index (χ2n) is 4.71. The first kappa shape index (κ1) is 15.2. The van der Waals surface area contributed by atoms with E-state index >= 15 is 0 Å². The van der Waals surface area contributed by atoms with Crippen molar-refractivity contribution in [1.82, 2.24) is 9.97 Å². The molecule has 0 radical (unpaired) electrons. The average Bonchev–Trinajstić information content (AvgIpc) is 2.92. The van der Waals surface area contributed by atoms with Crippen LogP contribution in [-0.4, -0.2) is 24.6 Å². The summed E-state index contributed by atoms with van der Waals surface area (Å²) in [6.07, 6.45) is 1.20. The molecule has 2 aromatic heterocycles.